The third-order valence-electron chi connectivity index (χ3n) is 5.25. The minimum atomic E-state index is -3.64. The average molecular weight is 441 g/mol. The summed E-state index contributed by atoms with van der Waals surface area (Å²) in [4.78, 5) is 22.2. The molecule has 0 bridgehead atoms. The average Bonchev–Trinajstić information content (AvgIpc) is 2.80. The highest BCUT2D eigenvalue weighted by Gasteiger charge is 2.29. The van der Waals surface area contributed by atoms with Crippen LogP contribution in [0.1, 0.15) is 17.3 Å². The van der Waals surface area contributed by atoms with Crippen molar-refractivity contribution < 1.29 is 17.6 Å². The highest BCUT2D eigenvalue weighted by Crippen LogP contribution is 2.24. The van der Waals surface area contributed by atoms with Crippen molar-refractivity contribution in [1.29, 1.82) is 0 Å². The molecule has 0 spiro atoms. The second-order valence-electron chi connectivity index (χ2n) is 7.24. The van der Waals surface area contributed by atoms with Gasteiger partial charge in [0.25, 0.3) is 0 Å². The molecule has 1 saturated heterocycles. The van der Waals surface area contributed by atoms with E-state index in [2.05, 4.69) is 9.97 Å². The Bertz CT molecular complexity index is 1190. The zero-order valence-electron chi connectivity index (χ0n) is 16.9. The molecule has 4 rings (SSSR count). The molecule has 2 aromatic carbocycles. The van der Waals surface area contributed by atoms with E-state index in [-0.39, 0.29) is 16.5 Å². The van der Waals surface area contributed by atoms with Gasteiger partial charge in [-0.1, -0.05) is 12.1 Å². The maximum Gasteiger partial charge on any atom is 0.243 e. The van der Waals surface area contributed by atoms with E-state index in [1.807, 2.05) is 11.0 Å². The maximum atomic E-state index is 13.2. The Kier molecular flexibility index (Phi) is 5.79. The van der Waals surface area contributed by atoms with E-state index in [0.717, 1.165) is 5.56 Å². The Morgan fingerprint density at radius 3 is 2.19 bits per heavy atom. The van der Waals surface area contributed by atoms with Gasteiger partial charge in [0, 0.05) is 43.4 Å². The lowest BCUT2D eigenvalue weighted by atomic mass is 10.1. The quantitative estimate of drug-likeness (QED) is 0.567. The van der Waals surface area contributed by atoms with Crippen molar-refractivity contribution in [2.75, 3.05) is 31.1 Å². The lowest BCUT2D eigenvalue weighted by Crippen LogP contribution is -2.48. The Morgan fingerprint density at radius 1 is 0.935 bits per heavy atom. The number of sulfonamides is 1. The highest BCUT2D eigenvalue weighted by atomic mass is 32.2. The second kappa shape index (κ2) is 8.52. The molecule has 1 aliphatic rings. The first-order valence-corrected chi connectivity index (χ1v) is 11.2. The number of nitrogens with zero attached hydrogens (tertiary/aromatic N) is 4. The second-order valence-corrected chi connectivity index (χ2v) is 9.18. The summed E-state index contributed by atoms with van der Waals surface area (Å²) in [5.74, 6) is 0.269. The van der Waals surface area contributed by atoms with Crippen LogP contribution >= 0.6 is 0 Å². The van der Waals surface area contributed by atoms with Crippen molar-refractivity contribution in [1.82, 2.24) is 14.3 Å². The van der Waals surface area contributed by atoms with E-state index in [0.29, 0.717) is 43.3 Å². The van der Waals surface area contributed by atoms with E-state index in [1.54, 1.807) is 12.1 Å². The summed E-state index contributed by atoms with van der Waals surface area (Å²) < 4.78 is 40.5. The Morgan fingerprint density at radius 2 is 1.58 bits per heavy atom. The van der Waals surface area contributed by atoms with Crippen molar-refractivity contribution >= 4 is 21.6 Å². The van der Waals surface area contributed by atoms with E-state index in [9.17, 15) is 17.6 Å². The van der Waals surface area contributed by atoms with Crippen LogP contribution in [0.5, 0.6) is 0 Å². The van der Waals surface area contributed by atoms with Crippen LogP contribution in [-0.2, 0) is 10.0 Å². The predicted octanol–water partition coefficient (Wildman–Crippen LogP) is 3.00. The van der Waals surface area contributed by atoms with Crippen LogP contribution in [-0.4, -0.2) is 54.7 Å². The lowest BCUT2D eigenvalue weighted by molar-refractivity contribution is 0.101. The van der Waals surface area contributed by atoms with Gasteiger partial charge in [-0.3, -0.25) is 4.79 Å². The fourth-order valence-corrected chi connectivity index (χ4v) is 4.89. The number of halogens is 1. The summed E-state index contributed by atoms with van der Waals surface area (Å²) in [6.07, 6.45) is 1.45. The Hall–Kier alpha value is -3.17. The number of aromatic nitrogens is 2. The predicted molar refractivity (Wildman–Crippen MR) is 115 cm³/mol. The number of ketones is 1. The SMILES string of the molecule is CC(=O)c1ccc(S(=O)(=O)N2CCN(c3cc(-c4ccc(F)cc4)ncn3)CC2)cc1. The van der Waals surface area contributed by atoms with E-state index >= 15 is 0 Å². The molecule has 0 aliphatic carbocycles. The number of hydrogen-bond acceptors (Lipinski definition) is 6. The fourth-order valence-electron chi connectivity index (χ4n) is 3.47. The molecule has 3 aromatic rings. The van der Waals surface area contributed by atoms with Gasteiger partial charge in [0.05, 0.1) is 10.6 Å². The van der Waals surface area contributed by atoms with Crippen molar-refractivity contribution in [3.05, 3.63) is 72.3 Å². The molecular weight excluding hydrogens is 419 g/mol. The third-order valence-corrected chi connectivity index (χ3v) is 7.17. The van der Waals surface area contributed by atoms with Crippen molar-refractivity contribution in [3.8, 4) is 11.3 Å². The summed E-state index contributed by atoms with van der Waals surface area (Å²) >= 11 is 0. The first-order chi connectivity index (χ1) is 14.8. The van der Waals surface area contributed by atoms with E-state index in [4.69, 9.17) is 0 Å². The van der Waals surface area contributed by atoms with Gasteiger partial charge in [0.15, 0.2) is 5.78 Å². The smallest absolute Gasteiger partial charge is 0.243 e. The van der Waals surface area contributed by atoms with E-state index < -0.39 is 10.0 Å². The van der Waals surface area contributed by atoms with Gasteiger partial charge in [-0.25, -0.2) is 22.8 Å². The van der Waals surface area contributed by atoms with Gasteiger partial charge in [0.1, 0.15) is 18.0 Å². The van der Waals surface area contributed by atoms with Gasteiger partial charge in [0.2, 0.25) is 10.0 Å². The summed E-state index contributed by atoms with van der Waals surface area (Å²) in [6.45, 7) is 3.02. The molecular formula is C22H21FN4O3S. The Labute approximate surface area is 180 Å². The summed E-state index contributed by atoms with van der Waals surface area (Å²) in [6, 6.07) is 13.9. The van der Waals surface area contributed by atoms with Crippen LogP contribution in [0.4, 0.5) is 10.2 Å². The monoisotopic (exact) mass is 440 g/mol. The van der Waals surface area contributed by atoms with Crippen LogP contribution in [0, 0.1) is 5.82 Å². The molecule has 1 aliphatic heterocycles. The maximum absolute atomic E-state index is 13.2. The van der Waals surface area contributed by atoms with Crippen LogP contribution < -0.4 is 4.90 Å². The minimum Gasteiger partial charge on any atom is -0.354 e. The zero-order chi connectivity index (χ0) is 22.0. The molecule has 160 valence electrons. The summed E-state index contributed by atoms with van der Waals surface area (Å²) in [5, 5.41) is 0. The van der Waals surface area contributed by atoms with Crippen LogP contribution in [0.2, 0.25) is 0 Å². The Balaban J connectivity index is 1.46. The van der Waals surface area contributed by atoms with Gasteiger partial charge in [-0.15, -0.1) is 0 Å². The third kappa shape index (κ3) is 4.47. The minimum absolute atomic E-state index is 0.109. The number of piperazine rings is 1. The molecule has 0 unspecified atom stereocenters. The number of anilines is 1. The standard InChI is InChI=1S/C22H21FN4O3S/c1-16(28)17-4-8-20(9-5-17)31(29,30)27-12-10-26(11-13-27)22-14-21(24-15-25-22)18-2-6-19(23)7-3-18/h2-9,14-15H,10-13H2,1H3. The number of rotatable bonds is 5. The number of hydrogen-bond donors (Lipinski definition) is 0. The van der Waals surface area contributed by atoms with Crippen LogP contribution in [0.15, 0.2) is 65.8 Å². The first kappa shape index (κ1) is 21.1. The number of carbonyl (C=O) groups excluding carboxylic acids is 1. The molecule has 0 N–H and O–H groups in total. The normalized spacial score (nSPS) is 15.1. The van der Waals surface area contributed by atoms with Gasteiger partial charge in [-0.2, -0.15) is 4.31 Å². The number of carbonyl (C=O) groups is 1. The number of benzene rings is 2. The van der Waals surface area contributed by atoms with Crippen molar-refractivity contribution in [3.63, 3.8) is 0 Å². The van der Waals surface area contributed by atoms with Crippen molar-refractivity contribution in [2.24, 2.45) is 0 Å². The van der Waals surface area contributed by atoms with Gasteiger partial charge in [-0.05, 0) is 43.3 Å². The molecule has 0 saturated carbocycles. The molecule has 7 nitrogen and oxygen atoms in total. The topological polar surface area (TPSA) is 83.5 Å². The molecule has 0 radical (unpaired) electrons. The van der Waals surface area contributed by atoms with Crippen LogP contribution in [0.25, 0.3) is 11.3 Å². The molecule has 1 fully saturated rings. The molecule has 0 amide bonds. The van der Waals surface area contributed by atoms with Gasteiger partial charge >= 0.3 is 0 Å². The highest BCUT2D eigenvalue weighted by molar-refractivity contribution is 7.89. The molecule has 9 heteroatoms. The lowest BCUT2D eigenvalue weighted by Gasteiger charge is -2.34. The fraction of sp³-hybridized carbons (Fsp3) is 0.227. The van der Waals surface area contributed by atoms with Gasteiger partial charge < -0.3 is 4.90 Å². The summed E-state index contributed by atoms with van der Waals surface area (Å²) in [5.41, 5.74) is 1.93. The number of Topliss-reactive ketones (excluding diaryl/α,β-unsaturated/α-hetero) is 1. The first-order valence-electron chi connectivity index (χ1n) is 9.79. The van der Waals surface area contributed by atoms with E-state index in [1.165, 1.54) is 54.0 Å². The molecule has 2 heterocycles. The summed E-state index contributed by atoms with van der Waals surface area (Å²) in [7, 11) is -3.64. The molecule has 1 aromatic heterocycles. The molecule has 31 heavy (non-hydrogen) atoms. The van der Waals surface area contributed by atoms with Crippen LogP contribution in [0.3, 0.4) is 0 Å². The largest absolute Gasteiger partial charge is 0.354 e. The molecule has 0 atom stereocenters. The van der Waals surface area contributed by atoms with Crippen molar-refractivity contribution in [2.45, 2.75) is 11.8 Å². The zero-order valence-corrected chi connectivity index (χ0v) is 17.7.